The molecule has 1 atom stereocenters. The second-order valence-electron chi connectivity index (χ2n) is 5.83. The summed E-state index contributed by atoms with van der Waals surface area (Å²) in [6.45, 7) is 11.1. The molecular formula is C21H25N. The summed E-state index contributed by atoms with van der Waals surface area (Å²) >= 11 is 0. The molecule has 0 N–H and O–H groups in total. The Labute approximate surface area is 134 Å². The van der Waals surface area contributed by atoms with Crippen molar-refractivity contribution in [1.82, 2.24) is 4.90 Å². The van der Waals surface area contributed by atoms with Crippen molar-refractivity contribution < 1.29 is 0 Å². The molecular weight excluding hydrogens is 266 g/mol. The lowest BCUT2D eigenvalue weighted by molar-refractivity contribution is 0.295. The Bertz CT molecular complexity index is 622. The van der Waals surface area contributed by atoms with Crippen LogP contribution in [0.5, 0.6) is 0 Å². The van der Waals surface area contributed by atoms with Gasteiger partial charge in [0.1, 0.15) is 0 Å². The van der Waals surface area contributed by atoms with Gasteiger partial charge in [0.15, 0.2) is 0 Å². The topological polar surface area (TPSA) is 3.24 Å². The second-order valence-corrected chi connectivity index (χ2v) is 5.83. The molecule has 1 nitrogen and oxygen atoms in total. The number of likely N-dealkylation sites (N-methyl/N-ethyl adjacent to an activating group) is 1. The monoisotopic (exact) mass is 291 g/mol. The zero-order valence-corrected chi connectivity index (χ0v) is 13.6. The molecule has 0 radical (unpaired) electrons. The predicted molar refractivity (Wildman–Crippen MR) is 96.2 cm³/mol. The van der Waals surface area contributed by atoms with Crippen molar-refractivity contribution in [2.24, 2.45) is 0 Å². The van der Waals surface area contributed by atoms with E-state index >= 15 is 0 Å². The number of nitrogens with zero attached hydrogens (tertiary/aromatic N) is 1. The maximum absolute atomic E-state index is 3.36. The number of benzene rings is 2. The third kappa shape index (κ3) is 3.96. The highest BCUT2D eigenvalue weighted by molar-refractivity contribution is 5.42. The first-order chi connectivity index (χ1) is 10.7. The van der Waals surface area contributed by atoms with E-state index in [4.69, 9.17) is 0 Å². The lowest BCUT2D eigenvalue weighted by atomic mass is 9.84. The molecule has 0 aliphatic carbocycles. The van der Waals surface area contributed by atoms with E-state index < -0.39 is 0 Å². The Balaban J connectivity index is 0.000000396. The minimum Gasteiger partial charge on any atom is -0.301 e. The van der Waals surface area contributed by atoms with Crippen LogP contribution in [-0.2, 0) is 6.54 Å². The van der Waals surface area contributed by atoms with Crippen molar-refractivity contribution in [3.63, 3.8) is 0 Å². The van der Waals surface area contributed by atoms with E-state index in [0.717, 1.165) is 13.1 Å². The Hall–Kier alpha value is -2.12. The van der Waals surface area contributed by atoms with E-state index in [1.165, 1.54) is 22.3 Å². The van der Waals surface area contributed by atoms with Crippen LogP contribution in [0, 0.1) is 6.92 Å². The van der Waals surface area contributed by atoms with E-state index in [1.54, 1.807) is 12.2 Å². The van der Waals surface area contributed by atoms with Crippen LogP contribution >= 0.6 is 0 Å². The smallest absolute Gasteiger partial charge is 0.0234 e. The lowest BCUT2D eigenvalue weighted by Crippen LogP contribution is -2.31. The number of aryl methyl sites for hydroxylation is 1. The van der Waals surface area contributed by atoms with Crippen molar-refractivity contribution in [2.45, 2.75) is 19.4 Å². The van der Waals surface area contributed by atoms with Crippen LogP contribution in [0.25, 0.3) is 0 Å². The van der Waals surface area contributed by atoms with Gasteiger partial charge in [-0.3, -0.25) is 0 Å². The van der Waals surface area contributed by atoms with E-state index in [1.807, 2.05) is 0 Å². The van der Waals surface area contributed by atoms with Crippen LogP contribution in [0.15, 0.2) is 73.8 Å². The molecule has 0 saturated carbocycles. The molecule has 3 rings (SSSR count). The Kier molecular flexibility index (Phi) is 5.74. The fourth-order valence-electron chi connectivity index (χ4n) is 2.95. The fraction of sp³-hybridized carbons (Fsp3) is 0.238. The van der Waals surface area contributed by atoms with Crippen LogP contribution in [0.3, 0.4) is 0 Å². The van der Waals surface area contributed by atoms with Gasteiger partial charge < -0.3 is 4.90 Å². The normalized spacial score (nSPS) is 16.9. The van der Waals surface area contributed by atoms with Crippen LogP contribution in [0.4, 0.5) is 0 Å². The van der Waals surface area contributed by atoms with Gasteiger partial charge in [0.25, 0.3) is 0 Å². The van der Waals surface area contributed by atoms with E-state index in [0.29, 0.717) is 5.92 Å². The first-order valence-electron chi connectivity index (χ1n) is 7.72. The van der Waals surface area contributed by atoms with Crippen LogP contribution in [-0.4, -0.2) is 18.5 Å². The molecule has 1 aliphatic heterocycles. The Morgan fingerprint density at radius 2 is 1.73 bits per heavy atom. The molecule has 22 heavy (non-hydrogen) atoms. The van der Waals surface area contributed by atoms with Gasteiger partial charge >= 0.3 is 0 Å². The van der Waals surface area contributed by atoms with Crippen LogP contribution < -0.4 is 0 Å². The third-order valence-corrected chi connectivity index (χ3v) is 3.98. The summed E-state index contributed by atoms with van der Waals surface area (Å²) in [7, 11) is 2.21. The summed E-state index contributed by atoms with van der Waals surface area (Å²) in [5, 5.41) is 0. The fourth-order valence-corrected chi connectivity index (χ4v) is 2.95. The van der Waals surface area contributed by atoms with Gasteiger partial charge in [0.05, 0.1) is 0 Å². The zero-order valence-electron chi connectivity index (χ0n) is 13.6. The van der Waals surface area contributed by atoms with Crippen molar-refractivity contribution >= 4 is 0 Å². The van der Waals surface area contributed by atoms with E-state index in [-0.39, 0.29) is 0 Å². The standard InChI is InChI=1S/C17H19N.C4H6/c1-13-8-9-16-15(10-13)11-18(2)12-17(16)14-6-4-3-5-7-14;1-3-4-2/h3-10,17H,11-12H2,1-2H3;3-4H,1-2H2. The molecule has 0 bridgehead atoms. The molecule has 2 aromatic carbocycles. The van der Waals surface area contributed by atoms with Crippen LogP contribution in [0.1, 0.15) is 28.2 Å². The third-order valence-electron chi connectivity index (χ3n) is 3.98. The zero-order chi connectivity index (χ0) is 15.9. The molecule has 0 aromatic heterocycles. The average Bonchev–Trinajstić information content (AvgIpc) is 2.54. The molecule has 1 unspecified atom stereocenters. The van der Waals surface area contributed by atoms with Crippen molar-refractivity contribution in [3.8, 4) is 0 Å². The number of hydrogen-bond donors (Lipinski definition) is 0. The molecule has 1 aliphatic rings. The molecule has 0 amide bonds. The van der Waals surface area contributed by atoms with Gasteiger partial charge in [-0.2, -0.15) is 0 Å². The highest BCUT2D eigenvalue weighted by atomic mass is 15.1. The number of allylic oxidation sites excluding steroid dienone is 2. The van der Waals surface area contributed by atoms with Gasteiger partial charge in [0.2, 0.25) is 0 Å². The minimum absolute atomic E-state index is 0.514. The van der Waals surface area contributed by atoms with Gasteiger partial charge in [-0.1, -0.05) is 79.4 Å². The quantitative estimate of drug-likeness (QED) is 0.709. The van der Waals surface area contributed by atoms with E-state index in [2.05, 4.69) is 80.6 Å². The second kappa shape index (κ2) is 7.77. The van der Waals surface area contributed by atoms with Crippen molar-refractivity contribution in [2.75, 3.05) is 13.6 Å². The summed E-state index contributed by atoms with van der Waals surface area (Å²) in [5.74, 6) is 0.514. The first kappa shape index (κ1) is 16.3. The highest BCUT2D eigenvalue weighted by Gasteiger charge is 2.24. The number of rotatable bonds is 2. The van der Waals surface area contributed by atoms with Crippen molar-refractivity contribution in [3.05, 3.63) is 96.1 Å². The van der Waals surface area contributed by atoms with Gasteiger partial charge in [-0.15, -0.1) is 0 Å². The average molecular weight is 291 g/mol. The highest BCUT2D eigenvalue weighted by Crippen LogP contribution is 2.33. The number of fused-ring (bicyclic) bond motifs is 1. The summed E-state index contributed by atoms with van der Waals surface area (Å²) < 4.78 is 0. The number of hydrogen-bond acceptors (Lipinski definition) is 1. The Morgan fingerprint density at radius 1 is 1.05 bits per heavy atom. The summed E-state index contributed by atoms with van der Waals surface area (Å²) in [6, 6.07) is 17.7. The SMILES string of the molecule is C=CC=C.Cc1ccc2c(c1)CN(C)CC2c1ccccc1. The summed E-state index contributed by atoms with van der Waals surface area (Å²) in [4.78, 5) is 2.42. The summed E-state index contributed by atoms with van der Waals surface area (Å²) in [5.41, 5.74) is 5.77. The molecule has 114 valence electrons. The molecule has 1 heteroatoms. The largest absolute Gasteiger partial charge is 0.301 e. The van der Waals surface area contributed by atoms with Gasteiger partial charge in [0, 0.05) is 19.0 Å². The minimum atomic E-state index is 0.514. The maximum Gasteiger partial charge on any atom is 0.0234 e. The van der Waals surface area contributed by atoms with Crippen molar-refractivity contribution in [1.29, 1.82) is 0 Å². The Morgan fingerprint density at radius 3 is 2.36 bits per heavy atom. The van der Waals surface area contributed by atoms with Gasteiger partial charge in [-0.25, -0.2) is 0 Å². The lowest BCUT2D eigenvalue weighted by Gasteiger charge is -2.32. The molecule has 0 fully saturated rings. The molecule has 2 aromatic rings. The van der Waals surface area contributed by atoms with Crippen LogP contribution in [0.2, 0.25) is 0 Å². The van der Waals surface area contributed by atoms with E-state index in [9.17, 15) is 0 Å². The summed E-state index contributed by atoms with van der Waals surface area (Å²) in [6.07, 6.45) is 3.28. The maximum atomic E-state index is 3.36. The molecule has 1 heterocycles. The predicted octanol–water partition coefficient (Wildman–Crippen LogP) is 4.93. The first-order valence-corrected chi connectivity index (χ1v) is 7.72. The van der Waals surface area contributed by atoms with Gasteiger partial charge in [-0.05, 0) is 30.7 Å². The molecule has 0 spiro atoms. The molecule has 0 saturated heterocycles.